The van der Waals surface area contributed by atoms with Gasteiger partial charge in [-0.3, -0.25) is 0 Å². The summed E-state index contributed by atoms with van der Waals surface area (Å²) in [6, 6.07) is 16.6. The van der Waals surface area contributed by atoms with Crippen molar-refractivity contribution in [3.8, 4) is 5.75 Å². The Hall–Kier alpha value is -2.42. The Balaban J connectivity index is 1.71. The normalized spacial score (nSPS) is 10.7. The number of hydrogen-bond donors (Lipinski definition) is 2. The molecule has 1 heterocycles. The first kappa shape index (κ1) is 13.6. The van der Waals surface area contributed by atoms with Crippen molar-refractivity contribution < 1.29 is 4.74 Å². The van der Waals surface area contributed by atoms with Crippen molar-refractivity contribution in [3.63, 3.8) is 0 Å². The molecule has 0 atom stereocenters. The maximum atomic E-state index is 5.66. The summed E-state index contributed by atoms with van der Waals surface area (Å²) in [5, 5.41) is 4.70. The van der Waals surface area contributed by atoms with Crippen LogP contribution >= 0.6 is 0 Å². The lowest BCUT2D eigenvalue weighted by Crippen LogP contribution is -2.01. The molecule has 0 aliphatic rings. The number of rotatable bonds is 6. The van der Waals surface area contributed by atoms with Crippen molar-refractivity contribution in [2.45, 2.75) is 19.9 Å². The summed E-state index contributed by atoms with van der Waals surface area (Å²) in [5.74, 6) is 0.917. The van der Waals surface area contributed by atoms with Gasteiger partial charge in [0.2, 0.25) is 0 Å². The highest BCUT2D eigenvalue weighted by molar-refractivity contribution is 5.82. The number of nitrogens with one attached hydrogen (secondary N) is 2. The van der Waals surface area contributed by atoms with E-state index in [1.54, 1.807) is 0 Å². The largest absolute Gasteiger partial charge is 0.494 e. The molecule has 3 nitrogen and oxygen atoms in total. The van der Waals surface area contributed by atoms with Crippen LogP contribution in [0.1, 0.15) is 18.9 Å². The van der Waals surface area contributed by atoms with Crippen molar-refractivity contribution >= 4 is 16.6 Å². The third-order valence-electron chi connectivity index (χ3n) is 3.46. The van der Waals surface area contributed by atoms with E-state index in [-0.39, 0.29) is 0 Å². The molecule has 0 aliphatic carbocycles. The van der Waals surface area contributed by atoms with Crippen molar-refractivity contribution in [2.24, 2.45) is 0 Å². The minimum Gasteiger partial charge on any atom is -0.494 e. The predicted molar refractivity (Wildman–Crippen MR) is 87.9 cm³/mol. The minimum absolute atomic E-state index is 0.755. The zero-order valence-electron chi connectivity index (χ0n) is 12.2. The van der Waals surface area contributed by atoms with E-state index >= 15 is 0 Å². The maximum absolute atomic E-state index is 5.66. The topological polar surface area (TPSA) is 37.0 Å². The van der Waals surface area contributed by atoms with Gasteiger partial charge in [-0.05, 0) is 35.6 Å². The van der Waals surface area contributed by atoms with Gasteiger partial charge in [0.05, 0.1) is 12.1 Å². The smallest absolute Gasteiger partial charge is 0.121 e. The Morgan fingerprint density at radius 1 is 1.10 bits per heavy atom. The highest BCUT2D eigenvalue weighted by Gasteiger charge is 2.02. The fraction of sp³-hybridized carbons (Fsp3) is 0.222. The first-order chi connectivity index (χ1) is 10.4. The highest BCUT2D eigenvalue weighted by atomic mass is 16.5. The summed E-state index contributed by atoms with van der Waals surface area (Å²) in [5.41, 5.74) is 3.54. The van der Waals surface area contributed by atoms with Gasteiger partial charge >= 0.3 is 0 Å². The molecule has 0 bridgehead atoms. The van der Waals surface area contributed by atoms with Crippen molar-refractivity contribution in [1.82, 2.24) is 4.98 Å². The molecule has 0 aliphatic heterocycles. The third-order valence-corrected chi connectivity index (χ3v) is 3.46. The van der Waals surface area contributed by atoms with Crippen molar-refractivity contribution in [2.75, 3.05) is 11.9 Å². The van der Waals surface area contributed by atoms with Crippen LogP contribution in [0.4, 0.5) is 5.69 Å². The molecule has 0 saturated carbocycles. The van der Waals surface area contributed by atoms with Gasteiger partial charge < -0.3 is 15.0 Å². The zero-order chi connectivity index (χ0) is 14.5. The SMILES string of the molecule is CCCOc1cccc(NCc2cccc3cc[nH]c23)c1. The summed E-state index contributed by atoms with van der Waals surface area (Å²) in [6.45, 7) is 3.65. The average Bonchev–Trinajstić information content (AvgIpc) is 3.00. The van der Waals surface area contributed by atoms with E-state index in [1.807, 2.05) is 24.4 Å². The predicted octanol–water partition coefficient (Wildman–Crippen LogP) is 4.57. The molecule has 0 fully saturated rings. The molecule has 2 aromatic carbocycles. The Morgan fingerprint density at radius 3 is 2.90 bits per heavy atom. The lowest BCUT2D eigenvalue weighted by Gasteiger charge is -2.10. The summed E-state index contributed by atoms with van der Waals surface area (Å²) in [4.78, 5) is 3.30. The fourth-order valence-electron chi connectivity index (χ4n) is 2.41. The number of benzene rings is 2. The van der Waals surface area contributed by atoms with Gasteiger partial charge in [-0.25, -0.2) is 0 Å². The van der Waals surface area contributed by atoms with Gasteiger partial charge in [0, 0.05) is 24.5 Å². The number of para-hydroxylation sites is 1. The highest BCUT2D eigenvalue weighted by Crippen LogP contribution is 2.21. The first-order valence-corrected chi connectivity index (χ1v) is 7.38. The molecular formula is C18H20N2O. The number of anilines is 1. The molecule has 0 amide bonds. The second kappa shape index (κ2) is 6.35. The van der Waals surface area contributed by atoms with Crippen molar-refractivity contribution in [3.05, 3.63) is 60.3 Å². The molecule has 0 unspecified atom stereocenters. The molecule has 2 N–H and O–H groups in total. The second-order valence-corrected chi connectivity index (χ2v) is 5.09. The van der Waals surface area contributed by atoms with Crippen LogP contribution in [0.2, 0.25) is 0 Å². The molecule has 21 heavy (non-hydrogen) atoms. The summed E-state index contributed by atoms with van der Waals surface area (Å²) >= 11 is 0. The number of H-pyrrole nitrogens is 1. The van der Waals surface area contributed by atoms with E-state index in [0.717, 1.165) is 31.0 Å². The molecule has 0 saturated heterocycles. The van der Waals surface area contributed by atoms with E-state index in [1.165, 1.54) is 16.5 Å². The van der Waals surface area contributed by atoms with E-state index in [4.69, 9.17) is 4.74 Å². The van der Waals surface area contributed by atoms with Crippen LogP contribution in [0.25, 0.3) is 10.9 Å². The van der Waals surface area contributed by atoms with Gasteiger partial charge in [-0.2, -0.15) is 0 Å². The average molecular weight is 280 g/mol. The molecule has 0 radical (unpaired) electrons. The molecule has 3 heteroatoms. The van der Waals surface area contributed by atoms with Crippen LogP contribution in [0.15, 0.2) is 54.7 Å². The Morgan fingerprint density at radius 2 is 2.00 bits per heavy atom. The molecule has 3 rings (SSSR count). The Bertz CT molecular complexity index is 718. The van der Waals surface area contributed by atoms with Gasteiger partial charge in [0.25, 0.3) is 0 Å². The van der Waals surface area contributed by atoms with Crippen LogP contribution in [0.3, 0.4) is 0 Å². The van der Waals surface area contributed by atoms with E-state index in [2.05, 4.69) is 47.6 Å². The first-order valence-electron chi connectivity index (χ1n) is 7.38. The number of aromatic nitrogens is 1. The summed E-state index contributed by atoms with van der Waals surface area (Å²) < 4.78 is 5.66. The molecule has 3 aromatic rings. The third kappa shape index (κ3) is 3.19. The number of ether oxygens (including phenoxy) is 1. The zero-order valence-corrected chi connectivity index (χ0v) is 12.2. The monoisotopic (exact) mass is 280 g/mol. The molecule has 108 valence electrons. The second-order valence-electron chi connectivity index (χ2n) is 5.09. The van der Waals surface area contributed by atoms with Gasteiger partial charge in [-0.15, -0.1) is 0 Å². The number of fused-ring (bicyclic) bond motifs is 1. The van der Waals surface area contributed by atoms with Gasteiger partial charge in [0.15, 0.2) is 0 Å². The van der Waals surface area contributed by atoms with E-state index < -0.39 is 0 Å². The van der Waals surface area contributed by atoms with Crippen LogP contribution in [0, 0.1) is 0 Å². The summed E-state index contributed by atoms with van der Waals surface area (Å²) in [6.07, 6.45) is 3.00. The van der Waals surface area contributed by atoms with Crippen LogP contribution < -0.4 is 10.1 Å². The molecule has 0 spiro atoms. The maximum Gasteiger partial charge on any atom is 0.121 e. The van der Waals surface area contributed by atoms with Gasteiger partial charge in [0.1, 0.15) is 5.75 Å². The van der Waals surface area contributed by atoms with E-state index in [0.29, 0.717) is 0 Å². The lowest BCUT2D eigenvalue weighted by atomic mass is 10.1. The fourth-order valence-corrected chi connectivity index (χ4v) is 2.41. The Labute approximate surface area is 125 Å². The van der Waals surface area contributed by atoms with Crippen LogP contribution in [-0.2, 0) is 6.54 Å². The van der Waals surface area contributed by atoms with Crippen LogP contribution in [-0.4, -0.2) is 11.6 Å². The lowest BCUT2D eigenvalue weighted by molar-refractivity contribution is 0.317. The van der Waals surface area contributed by atoms with E-state index in [9.17, 15) is 0 Å². The standard InChI is InChI=1S/C18H20N2O/c1-2-11-21-17-8-4-7-16(12-17)20-13-15-6-3-5-14-9-10-19-18(14)15/h3-10,12,19-20H,2,11,13H2,1H3. The Kier molecular flexibility index (Phi) is 4.10. The molecular weight excluding hydrogens is 260 g/mol. The number of aromatic amines is 1. The summed E-state index contributed by atoms with van der Waals surface area (Å²) in [7, 11) is 0. The number of hydrogen-bond acceptors (Lipinski definition) is 2. The van der Waals surface area contributed by atoms with Crippen molar-refractivity contribution in [1.29, 1.82) is 0 Å². The van der Waals surface area contributed by atoms with Gasteiger partial charge in [-0.1, -0.05) is 31.2 Å². The minimum atomic E-state index is 0.755. The quantitative estimate of drug-likeness (QED) is 0.694. The molecule has 1 aromatic heterocycles. The van der Waals surface area contributed by atoms with Crippen LogP contribution in [0.5, 0.6) is 5.75 Å².